The molecule has 2 rings (SSSR count). The molecule has 1 fully saturated rings. The van der Waals surface area contributed by atoms with Crippen molar-refractivity contribution in [2.75, 3.05) is 36.8 Å². The molecule has 0 spiro atoms. The second kappa shape index (κ2) is 19.0. The van der Waals surface area contributed by atoms with E-state index in [4.69, 9.17) is 15.0 Å². The molecule has 0 amide bonds. The molecule has 0 bridgehead atoms. The number of hydrogen-bond acceptors (Lipinski definition) is 9. The molecule has 0 radical (unpaired) electrons. The number of anilines is 1. The van der Waals surface area contributed by atoms with Gasteiger partial charge < -0.3 is 25.0 Å². The molecule has 4 N–H and O–H groups in total. The third-order valence-corrected chi connectivity index (χ3v) is 10.3. The van der Waals surface area contributed by atoms with Crippen LogP contribution in [0.5, 0.6) is 0 Å². The van der Waals surface area contributed by atoms with Crippen molar-refractivity contribution in [3.8, 4) is 0 Å². The Morgan fingerprint density at radius 3 is 2.20 bits per heavy atom. The van der Waals surface area contributed by atoms with Crippen molar-refractivity contribution in [2.24, 2.45) is 5.92 Å². The lowest BCUT2D eigenvalue weighted by molar-refractivity contribution is 0.0168. The predicted molar refractivity (Wildman–Crippen MR) is 157 cm³/mol. The highest BCUT2D eigenvalue weighted by atomic mass is 32.2. The summed E-state index contributed by atoms with van der Waals surface area (Å²) in [6.45, 7) is -0.807. The maximum Gasteiger partial charge on any atom is 0.353 e. The minimum absolute atomic E-state index is 0.0541. The molecule has 1 aliphatic rings. The first-order chi connectivity index (χ1) is 19.1. The average molecular weight is 608 g/mol. The van der Waals surface area contributed by atoms with E-state index in [1.165, 1.54) is 76.5 Å². The van der Waals surface area contributed by atoms with Crippen molar-refractivity contribution in [3.63, 3.8) is 0 Å². The summed E-state index contributed by atoms with van der Waals surface area (Å²) < 4.78 is 48.2. The van der Waals surface area contributed by atoms with Crippen molar-refractivity contribution < 1.29 is 32.2 Å². The van der Waals surface area contributed by atoms with Crippen LogP contribution in [0.2, 0.25) is 0 Å². The van der Waals surface area contributed by atoms with Gasteiger partial charge in [0.2, 0.25) is 0 Å². The molecule has 1 heterocycles. The fourth-order valence-electron chi connectivity index (χ4n) is 4.74. The zero-order valence-corrected chi connectivity index (χ0v) is 25.5. The molecule has 232 valence electrons. The number of sulfone groups is 1. The predicted octanol–water partition coefficient (Wildman–Crippen LogP) is 4.26. The number of nitrogen functional groups attached to an aromatic ring is 1. The summed E-state index contributed by atoms with van der Waals surface area (Å²) in [6.07, 6.45) is 17.2. The number of aliphatic hydroxyl groups excluding tert-OH is 1. The molecule has 0 aliphatic heterocycles. The number of nitrogens with two attached hydrogens (primary N) is 1. The van der Waals surface area contributed by atoms with Crippen LogP contribution >= 0.6 is 7.60 Å². The van der Waals surface area contributed by atoms with Gasteiger partial charge in [0.25, 0.3) is 0 Å². The Balaban J connectivity index is 1.47. The van der Waals surface area contributed by atoms with E-state index in [2.05, 4.69) is 4.98 Å². The van der Waals surface area contributed by atoms with Gasteiger partial charge in [-0.1, -0.05) is 83.5 Å². The molecule has 1 saturated carbocycles. The summed E-state index contributed by atoms with van der Waals surface area (Å²) in [4.78, 5) is 25.3. The van der Waals surface area contributed by atoms with Crippen LogP contribution in [-0.2, 0) is 30.2 Å². The number of aliphatic hydroxyl groups is 1. The maximum absolute atomic E-state index is 12.3. The molecule has 11 nitrogen and oxygen atoms in total. The first-order valence-electron chi connectivity index (χ1n) is 14.8. The van der Waals surface area contributed by atoms with Crippen LogP contribution in [0.4, 0.5) is 5.82 Å². The molecular formula is C27H50N3O8PS. The summed E-state index contributed by atoms with van der Waals surface area (Å²) in [5.41, 5.74) is 4.80. The fraction of sp³-hybridized carbons (Fsp3) is 0.852. The third-order valence-electron chi connectivity index (χ3n) is 7.41. The Morgan fingerprint density at radius 2 is 1.62 bits per heavy atom. The highest BCUT2D eigenvalue weighted by Crippen LogP contribution is 2.42. The minimum atomic E-state index is -4.17. The second-order valence-electron chi connectivity index (χ2n) is 11.0. The van der Waals surface area contributed by atoms with E-state index in [0.717, 1.165) is 29.7 Å². The van der Waals surface area contributed by atoms with E-state index in [9.17, 15) is 27.8 Å². The lowest BCUT2D eigenvalue weighted by atomic mass is 9.81. The van der Waals surface area contributed by atoms with E-state index in [-0.39, 0.29) is 36.9 Å². The maximum atomic E-state index is 12.3. The molecule has 1 aromatic heterocycles. The van der Waals surface area contributed by atoms with Gasteiger partial charge in [-0.05, 0) is 24.8 Å². The summed E-state index contributed by atoms with van der Waals surface area (Å²) in [6, 6.07) is 1.41. The van der Waals surface area contributed by atoms with Gasteiger partial charge in [0.05, 0.1) is 37.4 Å². The van der Waals surface area contributed by atoms with Gasteiger partial charge in [-0.2, -0.15) is 4.98 Å². The Hall–Kier alpha value is -1.30. The van der Waals surface area contributed by atoms with Gasteiger partial charge >= 0.3 is 13.3 Å². The number of nitrogens with zero attached hydrogens (tertiary/aromatic N) is 2. The molecule has 1 aromatic rings. The molecule has 2 unspecified atom stereocenters. The van der Waals surface area contributed by atoms with E-state index in [1.807, 2.05) is 0 Å². The smallest absolute Gasteiger partial charge is 0.353 e. The Morgan fingerprint density at radius 1 is 1.02 bits per heavy atom. The monoisotopic (exact) mass is 607 g/mol. The zero-order valence-electron chi connectivity index (χ0n) is 23.8. The quantitative estimate of drug-likeness (QED) is 0.114. The van der Waals surface area contributed by atoms with Crippen molar-refractivity contribution in [2.45, 2.75) is 109 Å². The summed E-state index contributed by atoms with van der Waals surface area (Å²) in [5.74, 6) is 1.08. The minimum Gasteiger partial charge on any atom is -0.394 e. The molecule has 13 heteroatoms. The van der Waals surface area contributed by atoms with Crippen LogP contribution in [0, 0.1) is 5.92 Å². The van der Waals surface area contributed by atoms with E-state index >= 15 is 0 Å². The van der Waals surface area contributed by atoms with Gasteiger partial charge in [0.15, 0.2) is 0 Å². The van der Waals surface area contributed by atoms with E-state index in [0.29, 0.717) is 6.42 Å². The normalized spacial score (nSPS) is 16.4. The van der Waals surface area contributed by atoms with Crippen molar-refractivity contribution in [1.82, 2.24) is 9.55 Å². The van der Waals surface area contributed by atoms with Crippen molar-refractivity contribution >= 4 is 23.3 Å². The lowest BCUT2D eigenvalue weighted by Gasteiger charge is -2.24. The Bertz CT molecular complexity index is 1050. The van der Waals surface area contributed by atoms with Crippen LogP contribution < -0.4 is 11.4 Å². The number of rotatable bonds is 24. The SMILES string of the molecule is Nc1ccn(CC(CO)OCP(=O)(O)OCCCS(=O)(=O)CCCCCCCCCCCCC2CCC2)c(=O)n1. The lowest BCUT2D eigenvalue weighted by Crippen LogP contribution is -2.32. The number of hydrogen-bond donors (Lipinski definition) is 3. The summed E-state index contributed by atoms with van der Waals surface area (Å²) >= 11 is 0. The molecule has 0 aromatic carbocycles. The van der Waals surface area contributed by atoms with E-state index in [1.54, 1.807) is 0 Å². The molecule has 1 aliphatic carbocycles. The van der Waals surface area contributed by atoms with Crippen LogP contribution in [0.15, 0.2) is 17.1 Å². The largest absolute Gasteiger partial charge is 0.394 e. The van der Waals surface area contributed by atoms with E-state index < -0.39 is 42.2 Å². The van der Waals surface area contributed by atoms with Gasteiger partial charge in [-0.25, -0.2) is 13.2 Å². The number of unbranched alkanes of at least 4 members (excludes halogenated alkanes) is 9. The first kappa shape index (κ1) is 34.9. The third kappa shape index (κ3) is 15.6. The van der Waals surface area contributed by atoms with Crippen LogP contribution in [0.25, 0.3) is 0 Å². The number of ether oxygens (including phenoxy) is 1. The van der Waals surface area contributed by atoms with Gasteiger partial charge in [-0.3, -0.25) is 9.13 Å². The highest BCUT2D eigenvalue weighted by Gasteiger charge is 2.23. The summed E-state index contributed by atoms with van der Waals surface area (Å²) in [5, 5.41) is 9.47. The average Bonchev–Trinajstić information content (AvgIpc) is 2.87. The first-order valence-corrected chi connectivity index (χ1v) is 18.4. The molecule has 40 heavy (non-hydrogen) atoms. The molecule has 2 atom stereocenters. The van der Waals surface area contributed by atoms with Crippen LogP contribution in [-0.4, -0.2) is 65.1 Å². The van der Waals surface area contributed by atoms with Gasteiger partial charge in [0.1, 0.15) is 22.0 Å². The summed E-state index contributed by atoms with van der Waals surface area (Å²) in [7, 11) is -7.42. The number of aromatic nitrogens is 2. The Kier molecular flexibility index (Phi) is 16.6. The molecular weight excluding hydrogens is 557 g/mol. The topological polar surface area (TPSA) is 171 Å². The van der Waals surface area contributed by atoms with Crippen molar-refractivity contribution in [1.29, 1.82) is 0 Å². The van der Waals surface area contributed by atoms with Crippen LogP contribution in [0.1, 0.15) is 96.3 Å². The van der Waals surface area contributed by atoms with Gasteiger partial charge in [-0.15, -0.1) is 0 Å². The fourth-order valence-corrected chi connectivity index (χ4v) is 7.03. The van der Waals surface area contributed by atoms with Gasteiger partial charge in [0, 0.05) is 6.20 Å². The zero-order chi connectivity index (χ0) is 29.3. The Labute approximate surface area is 239 Å². The van der Waals surface area contributed by atoms with Crippen LogP contribution in [0.3, 0.4) is 0 Å². The standard InChI is InChI=1S/C27H50N3O8PS/c28-26-16-17-30(27(32)29-26)21-25(22-31)37-23-39(33,34)38-18-12-20-40(35,36)19-10-8-6-4-2-1-3-5-7-9-13-24-14-11-15-24/h16-17,24-25,31H,1-15,18-23H2,(H,33,34)(H2,28,29,32). The molecule has 0 saturated heterocycles. The highest BCUT2D eigenvalue weighted by molar-refractivity contribution is 7.91. The van der Waals surface area contributed by atoms with Crippen molar-refractivity contribution in [3.05, 3.63) is 22.7 Å². The second-order valence-corrected chi connectivity index (χ2v) is 15.1.